The van der Waals surface area contributed by atoms with Crippen LogP contribution in [0.4, 0.5) is 0 Å². The topological polar surface area (TPSA) is 81.2 Å². The zero-order chi connectivity index (χ0) is 14.1. The number of nitrogens with zero attached hydrogens (tertiary/aromatic N) is 1. The molecule has 1 unspecified atom stereocenters. The maximum absolute atomic E-state index is 12.1. The van der Waals surface area contributed by atoms with Crippen molar-refractivity contribution in [1.82, 2.24) is 10.3 Å². The molecular formula is C14H17N3O2S. The molecule has 3 rings (SSSR count). The summed E-state index contributed by atoms with van der Waals surface area (Å²) in [5, 5.41) is 5.44. The van der Waals surface area contributed by atoms with Gasteiger partial charge in [0.2, 0.25) is 0 Å². The van der Waals surface area contributed by atoms with E-state index in [0.717, 1.165) is 23.6 Å². The highest BCUT2D eigenvalue weighted by Gasteiger charge is 2.31. The Labute approximate surface area is 121 Å². The van der Waals surface area contributed by atoms with E-state index in [4.69, 9.17) is 10.2 Å². The highest BCUT2D eigenvalue weighted by Crippen LogP contribution is 2.32. The third kappa shape index (κ3) is 2.76. The van der Waals surface area contributed by atoms with Crippen molar-refractivity contribution in [3.8, 4) is 10.8 Å². The van der Waals surface area contributed by atoms with Gasteiger partial charge in [-0.05, 0) is 37.8 Å². The van der Waals surface area contributed by atoms with Gasteiger partial charge in [0.1, 0.15) is 11.5 Å². The van der Waals surface area contributed by atoms with Crippen molar-refractivity contribution < 1.29 is 9.21 Å². The maximum atomic E-state index is 12.1. The van der Waals surface area contributed by atoms with Gasteiger partial charge in [-0.15, -0.1) is 11.3 Å². The van der Waals surface area contributed by atoms with Crippen LogP contribution in [0.5, 0.6) is 0 Å². The molecule has 20 heavy (non-hydrogen) atoms. The van der Waals surface area contributed by atoms with Crippen LogP contribution in [-0.2, 0) is 0 Å². The number of nitrogens with two attached hydrogens (primary N) is 1. The van der Waals surface area contributed by atoms with Gasteiger partial charge in [0.05, 0.1) is 0 Å². The lowest BCUT2D eigenvalue weighted by Crippen LogP contribution is -2.41. The molecule has 1 atom stereocenters. The predicted molar refractivity (Wildman–Crippen MR) is 77.6 cm³/mol. The zero-order valence-electron chi connectivity index (χ0n) is 11.3. The molecule has 1 fully saturated rings. The molecule has 1 saturated carbocycles. The van der Waals surface area contributed by atoms with Gasteiger partial charge in [0.15, 0.2) is 10.8 Å². The molecule has 0 spiro atoms. The van der Waals surface area contributed by atoms with E-state index >= 15 is 0 Å². The minimum absolute atomic E-state index is 0.0681. The molecule has 0 aliphatic heterocycles. The summed E-state index contributed by atoms with van der Waals surface area (Å²) in [7, 11) is 0. The molecule has 0 aromatic carbocycles. The Balaban J connectivity index is 1.71. The summed E-state index contributed by atoms with van der Waals surface area (Å²) in [5.41, 5.74) is 6.12. The van der Waals surface area contributed by atoms with Crippen LogP contribution in [-0.4, -0.2) is 23.5 Å². The fraction of sp³-hybridized carbons (Fsp3) is 0.429. The SMILES string of the molecule is Cc1ccc(-c2nc(C(=O)NC(CN)C3CC3)cs2)o1. The fourth-order valence-electron chi connectivity index (χ4n) is 2.15. The van der Waals surface area contributed by atoms with Gasteiger partial charge in [0, 0.05) is 18.0 Å². The summed E-state index contributed by atoms with van der Waals surface area (Å²) in [6, 6.07) is 3.81. The highest BCUT2D eigenvalue weighted by atomic mass is 32.1. The fourth-order valence-corrected chi connectivity index (χ4v) is 2.91. The first kappa shape index (κ1) is 13.3. The molecule has 2 aromatic rings. The first-order chi connectivity index (χ1) is 9.67. The summed E-state index contributed by atoms with van der Waals surface area (Å²) >= 11 is 1.41. The van der Waals surface area contributed by atoms with Crippen LogP contribution in [0.2, 0.25) is 0 Å². The van der Waals surface area contributed by atoms with Crippen molar-refractivity contribution >= 4 is 17.2 Å². The molecule has 6 heteroatoms. The summed E-state index contributed by atoms with van der Waals surface area (Å²) in [4.78, 5) is 16.5. The third-order valence-electron chi connectivity index (χ3n) is 3.45. The van der Waals surface area contributed by atoms with Gasteiger partial charge in [0.25, 0.3) is 5.91 Å². The van der Waals surface area contributed by atoms with E-state index in [2.05, 4.69) is 10.3 Å². The Bertz CT molecular complexity index is 615. The number of aryl methyl sites for hydroxylation is 1. The Hall–Kier alpha value is -1.66. The van der Waals surface area contributed by atoms with Gasteiger partial charge in [-0.25, -0.2) is 4.98 Å². The van der Waals surface area contributed by atoms with Crippen LogP contribution >= 0.6 is 11.3 Å². The maximum Gasteiger partial charge on any atom is 0.271 e. The van der Waals surface area contributed by atoms with Gasteiger partial charge < -0.3 is 15.5 Å². The number of hydrogen-bond acceptors (Lipinski definition) is 5. The van der Waals surface area contributed by atoms with E-state index in [1.807, 2.05) is 19.1 Å². The second kappa shape index (κ2) is 5.38. The zero-order valence-corrected chi connectivity index (χ0v) is 12.1. The van der Waals surface area contributed by atoms with Crippen molar-refractivity contribution in [3.63, 3.8) is 0 Å². The number of carbonyl (C=O) groups excluding carboxylic acids is 1. The van der Waals surface area contributed by atoms with E-state index in [0.29, 0.717) is 23.9 Å². The molecule has 2 aromatic heterocycles. The molecule has 2 heterocycles. The van der Waals surface area contributed by atoms with Crippen molar-refractivity contribution in [2.75, 3.05) is 6.54 Å². The molecule has 0 bridgehead atoms. The molecule has 0 saturated heterocycles. The van der Waals surface area contributed by atoms with Crippen molar-refractivity contribution in [2.24, 2.45) is 11.7 Å². The normalized spacial score (nSPS) is 16.1. The van der Waals surface area contributed by atoms with Crippen LogP contribution in [0.1, 0.15) is 29.1 Å². The average Bonchev–Trinajstić information content (AvgIpc) is 2.99. The van der Waals surface area contributed by atoms with Crippen molar-refractivity contribution in [3.05, 3.63) is 29.0 Å². The monoisotopic (exact) mass is 291 g/mol. The van der Waals surface area contributed by atoms with Crippen molar-refractivity contribution in [2.45, 2.75) is 25.8 Å². The minimum Gasteiger partial charge on any atom is -0.459 e. The first-order valence-electron chi connectivity index (χ1n) is 6.70. The molecule has 1 amide bonds. The summed E-state index contributed by atoms with van der Waals surface area (Å²) in [5.74, 6) is 1.91. The van der Waals surface area contributed by atoms with Crippen molar-refractivity contribution in [1.29, 1.82) is 0 Å². The number of rotatable bonds is 5. The van der Waals surface area contributed by atoms with Crippen LogP contribution in [0.25, 0.3) is 10.8 Å². The number of aromatic nitrogens is 1. The van der Waals surface area contributed by atoms with E-state index in [9.17, 15) is 4.79 Å². The third-order valence-corrected chi connectivity index (χ3v) is 4.31. The van der Waals surface area contributed by atoms with Gasteiger partial charge in [-0.3, -0.25) is 4.79 Å². The van der Waals surface area contributed by atoms with Gasteiger partial charge >= 0.3 is 0 Å². The number of furan rings is 1. The Morgan fingerprint density at radius 2 is 2.40 bits per heavy atom. The Morgan fingerprint density at radius 3 is 3.00 bits per heavy atom. The molecule has 1 aliphatic rings. The molecule has 0 radical (unpaired) electrons. The van der Waals surface area contributed by atoms with Gasteiger partial charge in [-0.2, -0.15) is 0 Å². The number of carbonyl (C=O) groups is 1. The van der Waals surface area contributed by atoms with Crippen LogP contribution in [0.15, 0.2) is 21.9 Å². The number of hydrogen-bond donors (Lipinski definition) is 2. The van der Waals surface area contributed by atoms with Crippen LogP contribution in [0, 0.1) is 12.8 Å². The molecule has 3 N–H and O–H groups in total. The number of amides is 1. The van der Waals surface area contributed by atoms with E-state index < -0.39 is 0 Å². The first-order valence-corrected chi connectivity index (χ1v) is 7.58. The standard InChI is InChI=1S/C14H17N3O2S/c1-8-2-5-12(19-8)14-17-11(7-20-14)13(18)16-10(6-15)9-3-4-9/h2,5,7,9-10H,3-4,6,15H2,1H3,(H,16,18). The minimum atomic E-state index is -0.155. The molecule has 106 valence electrons. The summed E-state index contributed by atoms with van der Waals surface area (Å²) < 4.78 is 5.51. The summed E-state index contributed by atoms with van der Waals surface area (Å²) in [6.07, 6.45) is 2.30. The second-order valence-corrected chi connectivity index (χ2v) is 5.96. The molecule has 1 aliphatic carbocycles. The number of thiazole rings is 1. The lowest BCUT2D eigenvalue weighted by atomic mass is 10.2. The largest absolute Gasteiger partial charge is 0.459 e. The predicted octanol–water partition coefficient (Wildman–Crippen LogP) is 2.18. The Kier molecular flexibility index (Phi) is 3.58. The smallest absolute Gasteiger partial charge is 0.271 e. The van der Waals surface area contributed by atoms with Crippen LogP contribution in [0.3, 0.4) is 0 Å². The Morgan fingerprint density at radius 1 is 1.60 bits per heavy atom. The molecule has 5 nitrogen and oxygen atoms in total. The lowest BCUT2D eigenvalue weighted by Gasteiger charge is -2.14. The van der Waals surface area contributed by atoms with Crippen LogP contribution < -0.4 is 11.1 Å². The summed E-state index contributed by atoms with van der Waals surface area (Å²) in [6.45, 7) is 2.36. The highest BCUT2D eigenvalue weighted by molar-refractivity contribution is 7.13. The van der Waals surface area contributed by atoms with E-state index in [1.54, 1.807) is 5.38 Å². The van der Waals surface area contributed by atoms with E-state index in [1.165, 1.54) is 11.3 Å². The van der Waals surface area contributed by atoms with Gasteiger partial charge in [-0.1, -0.05) is 0 Å². The quantitative estimate of drug-likeness (QED) is 0.884. The lowest BCUT2D eigenvalue weighted by molar-refractivity contribution is 0.0929. The molecular weight excluding hydrogens is 274 g/mol. The second-order valence-electron chi connectivity index (χ2n) is 5.10. The van der Waals surface area contributed by atoms with E-state index in [-0.39, 0.29) is 11.9 Å². The number of nitrogens with one attached hydrogen (secondary N) is 1. The average molecular weight is 291 g/mol.